The van der Waals surface area contributed by atoms with Crippen LogP contribution in [0.3, 0.4) is 0 Å². The maximum Gasteiger partial charge on any atom is 0.0991 e. The molecule has 1 aromatic rings. The minimum atomic E-state index is 0.256. The maximum absolute atomic E-state index is 5.82. The van der Waals surface area contributed by atoms with Crippen LogP contribution in [0.5, 0.6) is 0 Å². The van der Waals surface area contributed by atoms with Crippen molar-refractivity contribution in [2.24, 2.45) is 0 Å². The summed E-state index contributed by atoms with van der Waals surface area (Å²) < 4.78 is 7.89. The number of nitrogens with one attached hydrogen (secondary N) is 1. The molecular formula is C12H21N3O. The van der Waals surface area contributed by atoms with Crippen molar-refractivity contribution in [2.75, 3.05) is 13.7 Å². The fraction of sp³-hybridized carbons (Fsp3) is 0.750. The molecule has 1 N–H and O–H groups in total. The fourth-order valence-corrected chi connectivity index (χ4v) is 2.24. The Kier molecular flexibility index (Phi) is 3.96. The number of nitrogens with zero attached hydrogens (tertiary/aromatic N) is 2. The second kappa shape index (κ2) is 5.46. The number of aryl methyl sites for hydroxylation is 1. The van der Waals surface area contributed by atoms with Crippen LogP contribution in [-0.2, 0) is 17.8 Å². The lowest BCUT2D eigenvalue weighted by molar-refractivity contribution is 0.00957. The molecule has 0 radical (unpaired) electrons. The van der Waals surface area contributed by atoms with E-state index in [0.29, 0.717) is 0 Å². The van der Waals surface area contributed by atoms with Gasteiger partial charge in [0.15, 0.2) is 0 Å². The molecule has 0 aromatic carbocycles. The third kappa shape index (κ3) is 2.44. The van der Waals surface area contributed by atoms with E-state index in [1.165, 1.54) is 18.5 Å². The fourth-order valence-electron chi connectivity index (χ4n) is 2.24. The van der Waals surface area contributed by atoms with E-state index < -0.39 is 0 Å². The topological polar surface area (TPSA) is 39.1 Å². The summed E-state index contributed by atoms with van der Waals surface area (Å²) in [5, 5.41) is 7.70. The molecule has 90 valence electrons. The van der Waals surface area contributed by atoms with Gasteiger partial charge in [-0.1, -0.05) is 0 Å². The van der Waals surface area contributed by atoms with Gasteiger partial charge in [-0.2, -0.15) is 5.10 Å². The highest BCUT2D eigenvalue weighted by Crippen LogP contribution is 2.28. The highest BCUT2D eigenvalue weighted by Gasteiger charge is 2.20. The molecule has 2 rings (SSSR count). The minimum absolute atomic E-state index is 0.256. The summed E-state index contributed by atoms with van der Waals surface area (Å²) in [6.07, 6.45) is 3.85. The van der Waals surface area contributed by atoms with Crippen molar-refractivity contribution in [1.82, 2.24) is 15.1 Å². The highest BCUT2D eigenvalue weighted by molar-refractivity contribution is 5.13. The molecule has 1 fully saturated rings. The number of hydrogen-bond acceptors (Lipinski definition) is 3. The Balaban J connectivity index is 2.16. The van der Waals surface area contributed by atoms with Gasteiger partial charge in [0.1, 0.15) is 0 Å². The molecule has 1 atom stereocenters. The summed E-state index contributed by atoms with van der Waals surface area (Å²) in [6.45, 7) is 4.76. The molecule has 4 heteroatoms. The monoisotopic (exact) mass is 223 g/mol. The molecule has 1 aliphatic rings. The van der Waals surface area contributed by atoms with Gasteiger partial charge in [0.2, 0.25) is 0 Å². The largest absolute Gasteiger partial charge is 0.372 e. The summed E-state index contributed by atoms with van der Waals surface area (Å²) >= 11 is 0. The first-order chi connectivity index (χ1) is 7.85. The van der Waals surface area contributed by atoms with Gasteiger partial charge in [-0.05, 0) is 39.3 Å². The molecule has 2 heterocycles. The zero-order valence-electron chi connectivity index (χ0n) is 10.2. The molecular weight excluding hydrogens is 202 g/mol. The smallest absolute Gasteiger partial charge is 0.0991 e. The Morgan fingerprint density at radius 1 is 1.56 bits per heavy atom. The van der Waals surface area contributed by atoms with Crippen LogP contribution in [0.2, 0.25) is 0 Å². The van der Waals surface area contributed by atoms with Crippen molar-refractivity contribution in [1.29, 1.82) is 0 Å². The van der Waals surface area contributed by atoms with E-state index in [1.54, 1.807) is 0 Å². The lowest BCUT2D eigenvalue weighted by Crippen LogP contribution is -2.15. The molecule has 1 saturated heterocycles. The summed E-state index contributed by atoms with van der Waals surface area (Å²) in [7, 11) is 1.95. The lowest BCUT2D eigenvalue weighted by atomic mass is 10.1. The Bertz CT molecular complexity index is 329. The molecule has 1 aliphatic heterocycles. The van der Waals surface area contributed by atoms with Crippen molar-refractivity contribution >= 4 is 0 Å². The number of aromatic nitrogens is 2. The van der Waals surface area contributed by atoms with E-state index in [0.717, 1.165) is 31.8 Å². The molecule has 1 unspecified atom stereocenters. The number of hydrogen-bond donors (Lipinski definition) is 1. The van der Waals surface area contributed by atoms with Gasteiger partial charge in [-0.3, -0.25) is 4.68 Å². The van der Waals surface area contributed by atoms with Crippen LogP contribution >= 0.6 is 0 Å². The van der Waals surface area contributed by atoms with Crippen LogP contribution in [0.15, 0.2) is 6.07 Å². The maximum atomic E-state index is 5.82. The van der Waals surface area contributed by atoms with Crippen LogP contribution in [0, 0.1) is 0 Å². The zero-order chi connectivity index (χ0) is 11.4. The van der Waals surface area contributed by atoms with E-state index in [9.17, 15) is 0 Å². The Labute approximate surface area is 97.0 Å². The molecule has 0 saturated carbocycles. The molecule has 1 aromatic heterocycles. The van der Waals surface area contributed by atoms with E-state index >= 15 is 0 Å². The quantitative estimate of drug-likeness (QED) is 0.847. The van der Waals surface area contributed by atoms with Crippen LogP contribution < -0.4 is 5.32 Å². The molecule has 0 aliphatic carbocycles. The van der Waals surface area contributed by atoms with E-state index in [2.05, 4.69) is 28.1 Å². The van der Waals surface area contributed by atoms with Gasteiger partial charge in [0.25, 0.3) is 0 Å². The number of ether oxygens (including phenoxy) is 1. The predicted octanol–water partition coefficient (Wildman–Crippen LogP) is 1.86. The van der Waals surface area contributed by atoms with Crippen LogP contribution in [0.25, 0.3) is 0 Å². The third-order valence-electron chi connectivity index (χ3n) is 3.03. The Morgan fingerprint density at radius 3 is 3.06 bits per heavy atom. The van der Waals surface area contributed by atoms with Gasteiger partial charge in [-0.25, -0.2) is 0 Å². The molecule has 0 amide bonds. The average molecular weight is 223 g/mol. The first-order valence-electron chi connectivity index (χ1n) is 6.18. The first-order valence-corrected chi connectivity index (χ1v) is 6.18. The normalized spacial score (nSPS) is 21.2. The van der Waals surface area contributed by atoms with E-state index in [1.807, 2.05) is 7.05 Å². The van der Waals surface area contributed by atoms with Crippen LogP contribution in [-0.4, -0.2) is 23.4 Å². The Hall–Kier alpha value is -0.870. The van der Waals surface area contributed by atoms with Gasteiger partial charge in [0.05, 0.1) is 17.5 Å². The number of rotatable bonds is 4. The minimum Gasteiger partial charge on any atom is -0.372 e. The van der Waals surface area contributed by atoms with E-state index in [-0.39, 0.29) is 6.10 Å². The van der Waals surface area contributed by atoms with Gasteiger partial charge in [0, 0.05) is 19.7 Å². The molecule has 16 heavy (non-hydrogen) atoms. The van der Waals surface area contributed by atoms with Crippen molar-refractivity contribution in [2.45, 2.75) is 45.4 Å². The second-order valence-corrected chi connectivity index (χ2v) is 4.26. The van der Waals surface area contributed by atoms with Crippen molar-refractivity contribution < 1.29 is 4.74 Å². The second-order valence-electron chi connectivity index (χ2n) is 4.26. The van der Waals surface area contributed by atoms with Gasteiger partial charge in [-0.15, -0.1) is 0 Å². The molecule has 0 bridgehead atoms. The van der Waals surface area contributed by atoms with Gasteiger partial charge < -0.3 is 10.1 Å². The van der Waals surface area contributed by atoms with Crippen molar-refractivity contribution in [3.63, 3.8) is 0 Å². The highest BCUT2D eigenvalue weighted by atomic mass is 16.5. The average Bonchev–Trinajstić information content (AvgIpc) is 2.74. The molecule has 0 spiro atoms. The van der Waals surface area contributed by atoms with Crippen LogP contribution in [0.1, 0.15) is 43.7 Å². The van der Waals surface area contributed by atoms with Crippen molar-refractivity contribution in [3.8, 4) is 0 Å². The molecule has 4 nitrogen and oxygen atoms in total. The first kappa shape index (κ1) is 11.6. The zero-order valence-corrected chi connectivity index (χ0v) is 10.2. The predicted molar refractivity (Wildman–Crippen MR) is 63.2 cm³/mol. The SMILES string of the molecule is CCn1nc(CNC)cc1C1CCCCO1. The van der Waals surface area contributed by atoms with Crippen LogP contribution in [0.4, 0.5) is 0 Å². The summed E-state index contributed by atoms with van der Waals surface area (Å²) in [6, 6.07) is 2.18. The Morgan fingerprint density at radius 2 is 2.44 bits per heavy atom. The summed E-state index contributed by atoms with van der Waals surface area (Å²) in [5.74, 6) is 0. The standard InChI is InChI=1S/C12H21N3O/c1-3-15-11(8-10(14-15)9-13-2)12-6-4-5-7-16-12/h8,12-13H,3-7,9H2,1-2H3. The van der Waals surface area contributed by atoms with E-state index in [4.69, 9.17) is 4.74 Å². The lowest BCUT2D eigenvalue weighted by Gasteiger charge is -2.22. The summed E-state index contributed by atoms with van der Waals surface area (Å²) in [5.41, 5.74) is 2.35. The third-order valence-corrected chi connectivity index (χ3v) is 3.03. The van der Waals surface area contributed by atoms with Crippen molar-refractivity contribution in [3.05, 3.63) is 17.5 Å². The van der Waals surface area contributed by atoms with Gasteiger partial charge >= 0.3 is 0 Å². The summed E-state index contributed by atoms with van der Waals surface area (Å²) in [4.78, 5) is 0.